The molecule has 0 aliphatic rings. The van der Waals surface area contributed by atoms with Crippen LogP contribution in [-0.2, 0) is 5.54 Å². The van der Waals surface area contributed by atoms with Crippen molar-refractivity contribution in [1.82, 2.24) is 4.98 Å². The summed E-state index contributed by atoms with van der Waals surface area (Å²) in [7, 11) is 0. The fourth-order valence-corrected chi connectivity index (χ4v) is 1.40. The summed E-state index contributed by atoms with van der Waals surface area (Å²) in [6, 6.07) is 1.98. The molecule has 0 aliphatic heterocycles. The average molecular weight is 168 g/mol. The molecule has 1 aromatic heterocycles. The molecule has 0 saturated carbocycles. The normalized spacial score (nSPS) is 16.1. The Balaban J connectivity index is 3.09. The molecule has 1 aromatic rings. The molecule has 12 heavy (non-hydrogen) atoms. The number of aromatic amines is 1. The predicted octanol–water partition coefficient (Wildman–Crippen LogP) is 0.798. The third-order valence-corrected chi connectivity index (χ3v) is 2.09. The number of nitrogens with two attached hydrogens (primary N) is 1. The minimum Gasteiger partial charge on any atom is -0.394 e. The highest BCUT2D eigenvalue weighted by Crippen LogP contribution is 2.21. The molecule has 0 bridgehead atoms. The van der Waals surface area contributed by atoms with Gasteiger partial charge in [0.2, 0.25) is 0 Å². The van der Waals surface area contributed by atoms with Crippen molar-refractivity contribution in [2.75, 3.05) is 6.61 Å². The van der Waals surface area contributed by atoms with Gasteiger partial charge in [0, 0.05) is 11.4 Å². The van der Waals surface area contributed by atoms with Crippen LogP contribution < -0.4 is 5.73 Å². The van der Waals surface area contributed by atoms with E-state index in [-0.39, 0.29) is 6.61 Å². The Hall–Kier alpha value is -0.800. The van der Waals surface area contributed by atoms with Gasteiger partial charge in [0.05, 0.1) is 12.1 Å². The first-order chi connectivity index (χ1) is 5.47. The van der Waals surface area contributed by atoms with E-state index in [1.165, 1.54) is 0 Å². The number of aliphatic hydroxyl groups excluding tert-OH is 1. The molecule has 0 amide bonds. The minimum atomic E-state index is -0.630. The second-order valence-corrected chi connectivity index (χ2v) is 3.57. The van der Waals surface area contributed by atoms with Crippen LogP contribution in [0.4, 0.5) is 0 Å². The van der Waals surface area contributed by atoms with Crippen molar-refractivity contribution in [3.63, 3.8) is 0 Å². The van der Waals surface area contributed by atoms with Gasteiger partial charge in [0.1, 0.15) is 0 Å². The summed E-state index contributed by atoms with van der Waals surface area (Å²) in [6.07, 6.45) is 0. The molecule has 0 aliphatic carbocycles. The molecule has 0 radical (unpaired) electrons. The van der Waals surface area contributed by atoms with Crippen molar-refractivity contribution in [3.05, 3.63) is 23.0 Å². The van der Waals surface area contributed by atoms with E-state index in [2.05, 4.69) is 4.98 Å². The van der Waals surface area contributed by atoms with E-state index in [4.69, 9.17) is 10.8 Å². The van der Waals surface area contributed by atoms with E-state index in [0.717, 1.165) is 17.0 Å². The van der Waals surface area contributed by atoms with Crippen molar-refractivity contribution in [2.24, 2.45) is 5.73 Å². The maximum absolute atomic E-state index is 9.04. The van der Waals surface area contributed by atoms with Crippen LogP contribution in [0, 0.1) is 13.8 Å². The van der Waals surface area contributed by atoms with Crippen LogP contribution in [-0.4, -0.2) is 16.7 Å². The van der Waals surface area contributed by atoms with E-state index < -0.39 is 5.54 Å². The Bertz CT molecular complexity index is 276. The SMILES string of the molecule is Cc1cc(C(C)(N)CO)c(C)[nH]1. The van der Waals surface area contributed by atoms with Crippen LogP contribution in [0.1, 0.15) is 23.9 Å². The van der Waals surface area contributed by atoms with Crippen LogP contribution in [0.25, 0.3) is 0 Å². The van der Waals surface area contributed by atoms with Crippen molar-refractivity contribution >= 4 is 0 Å². The molecule has 3 heteroatoms. The second kappa shape index (κ2) is 2.92. The number of nitrogens with one attached hydrogen (secondary N) is 1. The van der Waals surface area contributed by atoms with E-state index >= 15 is 0 Å². The first-order valence-electron chi connectivity index (χ1n) is 4.04. The topological polar surface area (TPSA) is 62.0 Å². The summed E-state index contributed by atoms with van der Waals surface area (Å²) in [4.78, 5) is 3.16. The predicted molar refractivity (Wildman–Crippen MR) is 48.9 cm³/mol. The highest BCUT2D eigenvalue weighted by molar-refractivity contribution is 5.30. The molecule has 0 aromatic carbocycles. The molecule has 1 atom stereocenters. The molecule has 0 spiro atoms. The van der Waals surface area contributed by atoms with Crippen molar-refractivity contribution in [1.29, 1.82) is 0 Å². The Morgan fingerprint density at radius 1 is 1.58 bits per heavy atom. The van der Waals surface area contributed by atoms with Crippen LogP contribution in [0.3, 0.4) is 0 Å². The average Bonchev–Trinajstić information content (AvgIpc) is 2.31. The lowest BCUT2D eigenvalue weighted by atomic mass is 9.94. The smallest absolute Gasteiger partial charge is 0.0651 e. The first-order valence-corrected chi connectivity index (χ1v) is 4.04. The monoisotopic (exact) mass is 168 g/mol. The first kappa shape index (κ1) is 9.29. The second-order valence-electron chi connectivity index (χ2n) is 3.57. The quantitative estimate of drug-likeness (QED) is 0.611. The van der Waals surface area contributed by atoms with Crippen LogP contribution >= 0.6 is 0 Å². The van der Waals surface area contributed by atoms with Gasteiger partial charge in [-0.25, -0.2) is 0 Å². The molecule has 4 N–H and O–H groups in total. The maximum atomic E-state index is 9.04. The van der Waals surface area contributed by atoms with Gasteiger partial charge in [0.15, 0.2) is 0 Å². The number of H-pyrrole nitrogens is 1. The molecule has 3 nitrogen and oxygen atoms in total. The fourth-order valence-electron chi connectivity index (χ4n) is 1.40. The van der Waals surface area contributed by atoms with Gasteiger partial charge in [-0.15, -0.1) is 0 Å². The maximum Gasteiger partial charge on any atom is 0.0651 e. The lowest BCUT2D eigenvalue weighted by Gasteiger charge is -2.21. The van der Waals surface area contributed by atoms with Crippen molar-refractivity contribution in [3.8, 4) is 0 Å². The zero-order valence-electron chi connectivity index (χ0n) is 7.81. The largest absolute Gasteiger partial charge is 0.394 e. The third kappa shape index (κ3) is 1.52. The summed E-state index contributed by atoms with van der Waals surface area (Å²) in [5.74, 6) is 0. The molecule has 0 saturated heterocycles. The molecular formula is C9H16N2O. The van der Waals surface area contributed by atoms with Crippen LogP contribution in [0.5, 0.6) is 0 Å². The zero-order valence-corrected chi connectivity index (χ0v) is 7.81. The lowest BCUT2D eigenvalue weighted by molar-refractivity contribution is 0.209. The number of hydrogen-bond acceptors (Lipinski definition) is 2. The summed E-state index contributed by atoms with van der Waals surface area (Å²) in [5.41, 5.74) is 8.35. The van der Waals surface area contributed by atoms with Gasteiger partial charge >= 0.3 is 0 Å². The highest BCUT2D eigenvalue weighted by Gasteiger charge is 2.23. The van der Waals surface area contributed by atoms with Gasteiger partial charge < -0.3 is 15.8 Å². The van der Waals surface area contributed by atoms with Gasteiger partial charge in [-0.2, -0.15) is 0 Å². The van der Waals surface area contributed by atoms with E-state index in [9.17, 15) is 0 Å². The van der Waals surface area contributed by atoms with Gasteiger partial charge in [-0.1, -0.05) is 0 Å². The van der Waals surface area contributed by atoms with E-state index in [1.807, 2.05) is 26.8 Å². The molecular weight excluding hydrogens is 152 g/mol. The number of aliphatic hydroxyl groups is 1. The molecule has 68 valence electrons. The zero-order chi connectivity index (χ0) is 9.35. The van der Waals surface area contributed by atoms with Crippen LogP contribution in [0.2, 0.25) is 0 Å². The minimum absolute atomic E-state index is 0.0366. The lowest BCUT2D eigenvalue weighted by Crippen LogP contribution is -2.37. The van der Waals surface area contributed by atoms with Gasteiger partial charge in [-0.3, -0.25) is 0 Å². The number of rotatable bonds is 2. The molecule has 1 unspecified atom stereocenters. The van der Waals surface area contributed by atoms with Crippen molar-refractivity contribution in [2.45, 2.75) is 26.3 Å². The summed E-state index contributed by atoms with van der Waals surface area (Å²) < 4.78 is 0. The van der Waals surface area contributed by atoms with E-state index in [0.29, 0.717) is 0 Å². The Kier molecular flexibility index (Phi) is 2.26. The molecule has 1 heterocycles. The number of hydrogen-bond donors (Lipinski definition) is 3. The Morgan fingerprint density at radius 2 is 2.17 bits per heavy atom. The summed E-state index contributed by atoms with van der Waals surface area (Å²) in [6.45, 7) is 5.72. The summed E-state index contributed by atoms with van der Waals surface area (Å²) in [5, 5.41) is 9.04. The van der Waals surface area contributed by atoms with Gasteiger partial charge in [0.25, 0.3) is 0 Å². The third-order valence-electron chi connectivity index (χ3n) is 2.09. The molecule has 1 rings (SSSR count). The fraction of sp³-hybridized carbons (Fsp3) is 0.556. The number of aryl methyl sites for hydroxylation is 2. The number of aromatic nitrogens is 1. The molecule has 0 fully saturated rings. The highest BCUT2D eigenvalue weighted by atomic mass is 16.3. The summed E-state index contributed by atoms with van der Waals surface area (Å²) >= 11 is 0. The Labute approximate surface area is 72.6 Å². The van der Waals surface area contributed by atoms with E-state index in [1.54, 1.807) is 0 Å². The standard InChI is InChI=1S/C9H16N2O/c1-6-4-8(7(2)11-6)9(3,10)5-12/h4,11-12H,5,10H2,1-3H3. The van der Waals surface area contributed by atoms with Crippen molar-refractivity contribution < 1.29 is 5.11 Å². The van der Waals surface area contributed by atoms with Gasteiger partial charge in [-0.05, 0) is 32.4 Å². The Morgan fingerprint density at radius 3 is 2.50 bits per heavy atom. The van der Waals surface area contributed by atoms with Crippen LogP contribution in [0.15, 0.2) is 6.07 Å².